The highest BCUT2D eigenvalue weighted by atomic mass is 16.5. The Morgan fingerprint density at radius 3 is 2.29 bits per heavy atom. The van der Waals surface area contributed by atoms with E-state index in [2.05, 4.69) is 60.9 Å². The summed E-state index contributed by atoms with van der Waals surface area (Å²) in [6.45, 7) is 2.89. The zero-order valence-electron chi connectivity index (χ0n) is 12.3. The molecule has 2 aromatic carbocycles. The lowest BCUT2D eigenvalue weighted by atomic mass is 9.90. The molecule has 0 saturated carbocycles. The molecule has 21 heavy (non-hydrogen) atoms. The number of benzene rings is 2. The third-order valence-electron chi connectivity index (χ3n) is 4.26. The van der Waals surface area contributed by atoms with Crippen molar-refractivity contribution in [3.05, 3.63) is 60.2 Å². The van der Waals surface area contributed by atoms with Crippen LogP contribution in [0.25, 0.3) is 11.1 Å². The van der Waals surface area contributed by atoms with Gasteiger partial charge in [-0.25, -0.2) is 0 Å². The smallest absolute Gasteiger partial charge is 0.0551 e. The van der Waals surface area contributed by atoms with Crippen molar-refractivity contribution in [2.24, 2.45) is 11.8 Å². The molecule has 1 aliphatic rings. The van der Waals surface area contributed by atoms with E-state index in [1.807, 2.05) is 6.07 Å². The van der Waals surface area contributed by atoms with Crippen LogP contribution in [0.15, 0.2) is 54.6 Å². The highest BCUT2D eigenvalue weighted by molar-refractivity contribution is 5.63. The fourth-order valence-corrected chi connectivity index (χ4v) is 3.10. The molecule has 1 fully saturated rings. The lowest BCUT2D eigenvalue weighted by Crippen LogP contribution is -2.33. The molecule has 0 aromatic heterocycles. The Balaban J connectivity index is 1.79. The molecule has 0 aliphatic carbocycles. The first kappa shape index (κ1) is 14.3. The molecule has 110 valence electrons. The van der Waals surface area contributed by atoms with E-state index in [1.54, 1.807) is 0 Å². The molecule has 2 aromatic rings. The highest BCUT2D eigenvalue weighted by Crippen LogP contribution is 2.32. The maximum Gasteiger partial charge on any atom is 0.0551 e. The van der Waals surface area contributed by atoms with E-state index in [1.165, 1.54) is 16.7 Å². The maximum atomic E-state index is 5.77. The summed E-state index contributed by atoms with van der Waals surface area (Å²) >= 11 is 0. The van der Waals surface area contributed by atoms with Crippen molar-refractivity contribution >= 4 is 0 Å². The van der Waals surface area contributed by atoms with Crippen molar-refractivity contribution in [2.45, 2.75) is 25.5 Å². The first-order valence-corrected chi connectivity index (χ1v) is 7.51. The number of ether oxygens (including phenoxy) is 1. The van der Waals surface area contributed by atoms with Gasteiger partial charge >= 0.3 is 0 Å². The normalized spacial score (nSPS) is 23.1. The van der Waals surface area contributed by atoms with Crippen LogP contribution in [0.2, 0.25) is 0 Å². The molecule has 0 spiro atoms. The van der Waals surface area contributed by atoms with Crippen LogP contribution in [-0.4, -0.2) is 12.7 Å². The Kier molecular flexibility index (Phi) is 4.34. The predicted octanol–water partition coefficient (Wildman–Crippen LogP) is 3.28. The molecule has 3 N–H and O–H groups in total. The molecule has 0 amide bonds. The number of rotatable bonds is 4. The van der Waals surface area contributed by atoms with Crippen LogP contribution in [0.5, 0.6) is 0 Å². The summed E-state index contributed by atoms with van der Waals surface area (Å²) < 4.78 is 5.67. The van der Waals surface area contributed by atoms with Crippen LogP contribution in [0.4, 0.5) is 0 Å². The van der Waals surface area contributed by atoms with E-state index in [-0.39, 0.29) is 6.04 Å². The molecule has 1 saturated heterocycles. The van der Waals surface area contributed by atoms with E-state index in [0.29, 0.717) is 12.0 Å². The minimum atomic E-state index is 0.153. The summed E-state index contributed by atoms with van der Waals surface area (Å²) in [5.41, 5.74) is 6.65. The van der Waals surface area contributed by atoms with E-state index in [0.717, 1.165) is 13.0 Å². The van der Waals surface area contributed by atoms with Gasteiger partial charge in [-0.1, -0.05) is 54.6 Å². The van der Waals surface area contributed by atoms with Crippen LogP contribution in [0.1, 0.15) is 24.9 Å². The minimum Gasteiger partial charge on any atom is -0.378 e. The monoisotopic (exact) mass is 282 g/mol. The van der Waals surface area contributed by atoms with E-state index in [9.17, 15) is 0 Å². The van der Waals surface area contributed by atoms with Gasteiger partial charge in [-0.05, 0) is 30.0 Å². The molecule has 3 heteroatoms. The summed E-state index contributed by atoms with van der Waals surface area (Å²) in [4.78, 5) is 0. The maximum absolute atomic E-state index is 5.77. The molecule has 3 unspecified atom stereocenters. The SMILES string of the molecule is CC1CC(C(NN)c2ccc(-c3ccccc3)cc2)CO1. The molecule has 0 radical (unpaired) electrons. The average Bonchev–Trinajstić information content (AvgIpc) is 2.96. The molecule has 3 rings (SSSR count). The van der Waals surface area contributed by atoms with E-state index >= 15 is 0 Å². The summed E-state index contributed by atoms with van der Waals surface area (Å²) in [5.74, 6) is 6.21. The Bertz CT molecular complexity index is 568. The van der Waals surface area contributed by atoms with Crippen LogP contribution in [0.3, 0.4) is 0 Å². The molecular formula is C18H22N2O. The Morgan fingerprint density at radius 2 is 1.71 bits per heavy atom. The topological polar surface area (TPSA) is 47.3 Å². The van der Waals surface area contributed by atoms with Crippen molar-refractivity contribution in [3.8, 4) is 11.1 Å². The summed E-state index contributed by atoms with van der Waals surface area (Å²) in [5, 5.41) is 0. The van der Waals surface area contributed by atoms with Crippen molar-refractivity contribution in [1.29, 1.82) is 0 Å². The van der Waals surface area contributed by atoms with Crippen LogP contribution < -0.4 is 11.3 Å². The minimum absolute atomic E-state index is 0.153. The van der Waals surface area contributed by atoms with Gasteiger partial charge < -0.3 is 4.74 Å². The fourth-order valence-electron chi connectivity index (χ4n) is 3.10. The Hall–Kier alpha value is -1.68. The third kappa shape index (κ3) is 3.16. The average molecular weight is 282 g/mol. The second-order valence-electron chi connectivity index (χ2n) is 5.77. The molecule has 3 nitrogen and oxygen atoms in total. The van der Waals surface area contributed by atoms with Gasteiger partial charge in [0.25, 0.3) is 0 Å². The largest absolute Gasteiger partial charge is 0.378 e. The molecule has 3 atom stereocenters. The number of nitrogens with two attached hydrogens (primary N) is 1. The number of nitrogens with one attached hydrogen (secondary N) is 1. The van der Waals surface area contributed by atoms with Crippen molar-refractivity contribution in [1.82, 2.24) is 5.43 Å². The summed E-state index contributed by atoms with van der Waals surface area (Å²) in [6, 6.07) is 19.2. The van der Waals surface area contributed by atoms with Gasteiger partial charge in [-0.15, -0.1) is 0 Å². The first-order chi connectivity index (χ1) is 10.3. The van der Waals surface area contributed by atoms with Crippen LogP contribution in [-0.2, 0) is 4.74 Å². The molecule has 0 bridgehead atoms. The summed E-state index contributed by atoms with van der Waals surface area (Å²) in [6.07, 6.45) is 1.38. The second-order valence-corrected chi connectivity index (χ2v) is 5.77. The van der Waals surface area contributed by atoms with Gasteiger partial charge in [0, 0.05) is 5.92 Å². The zero-order valence-corrected chi connectivity index (χ0v) is 12.3. The molecular weight excluding hydrogens is 260 g/mol. The van der Waals surface area contributed by atoms with Gasteiger partial charge in [-0.2, -0.15) is 0 Å². The van der Waals surface area contributed by atoms with Crippen LogP contribution >= 0.6 is 0 Å². The third-order valence-corrected chi connectivity index (χ3v) is 4.26. The lowest BCUT2D eigenvalue weighted by molar-refractivity contribution is 0.117. The number of hydrazine groups is 1. The number of hydrogen-bond acceptors (Lipinski definition) is 3. The standard InChI is InChI=1S/C18H22N2O/c1-13-11-17(12-21-13)18(20-19)16-9-7-15(8-10-16)14-5-3-2-4-6-14/h2-10,13,17-18,20H,11-12,19H2,1H3. The molecule has 1 heterocycles. The Morgan fingerprint density at radius 1 is 1.05 bits per heavy atom. The van der Waals surface area contributed by atoms with Gasteiger partial charge in [0.1, 0.15) is 0 Å². The van der Waals surface area contributed by atoms with Gasteiger partial charge in [0.05, 0.1) is 18.8 Å². The van der Waals surface area contributed by atoms with Gasteiger partial charge in [0.2, 0.25) is 0 Å². The first-order valence-electron chi connectivity index (χ1n) is 7.51. The quantitative estimate of drug-likeness (QED) is 0.668. The second kappa shape index (κ2) is 6.39. The van der Waals surface area contributed by atoms with Gasteiger partial charge in [-0.3, -0.25) is 11.3 Å². The predicted molar refractivity (Wildman–Crippen MR) is 85.5 cm³/mol. The van der Waals surface area contributed by atoms with Crippen molar-refractivity contribution in [2.75, 3.05) is 6.61 Å². The van der Waals surface area contributed by atoms with Crippen molar-refractivity contribution < 1.29 is 4.74 Å². The van der Waals surface area contributed by atoms with Crippen LogP contribution in [0, 0.1) is 5.92 Å². The Labute approximate surface area is 126 Å². The lowest BCUT2D eigenvalue weighted by Gasteiger charge is -2.22. The van der Waals surface area contributed by atoms with E-state index in [4.69, 9.17) is 10.6 Å². The molecule has 1 aliphatic heterocycles. The zero-order chi connectivity index (χ0) is 14.7. The fraction of sp³-hybridized carbons (Fsp3) is 0.333. The van der Waals surface area contributed by atoms with E-state index < -0.39 is 0 Å². The summed E-state index contributed by atoms with van der Waals surface area (Å²) in [7, 11) is 0. The highest BCUT2D eigenvalue weighted by Gasteiger charge is 2.29. The van der Waals surface area contributed by atoms with Gasteiger partial charge in [0.15, 0.2) is 0 Å². The van der Waals surface area contributed by atoms with Crippen molar-refractivity contribution in [3.63, 3.8) is 0 Å². The number of hydrogen-bond donors (Lipinski definition) is 2.